The Bertz CT molecular complexity index is 1060. The summed E-state index contributed by atoms with van der Waals surface area (Å²) < 4.78 is 34.0. The molecule has 1 aliphatic carbocycles. The maximum Gasteiger partial charge on any atom is 0.407 e. The monoisotopic (exact) mass is 543 g/mol. The van der Waals surface area contributed by atoms with Gasteiger partial charge in [-0.05, 0) is 58.6 Å². The third-order valence-corrected chi connectivity index (χ3v) is 8.43. The molecule has 1 heterocycles. The number of halogens is 1. The first-order chi connectivity index (χ1) is 15.0. The highest BCUT2D eigenvalue weighted by molar-refractivity contribution is 9.10. The van der Waals surface area contributed by atoms with E-state index >= 15 is 0 Å². The van der Waals surface area contributed by atoms with E-state index in [0.29, 0.717) is 22.5 Å². The molecule has 32 heavy (non-hydrogen) atoms. The topological polar surface area (TPSA) is 97.4 Å². The van der Waals surface area contributed by atoms with Crippen LogP contribution in [0.3, 0.4) is 0 Å². The van der Waals surface area contributed by atoms with Gasteiger partial charge < -0.3 is 10.1 Å². The number of hydrogen-bond donors (Lipinski definition) is 2. The van der Waals surface area contributed by atoms with Crippen molar-refractivity contribution in [2.24, 2.45) is 0 Å². The van der Waals surface area contributed by atoms with Gasteiger partial charge in [-0.25, -0.2) is 22.9 Å². The molecule has 0 spiro atoms. The number of hydrogen-bond acceptors (Lipinski definition) is 6. The summed E-state index contributed by atoms with van der Waals surface area (Å²) in [4.78, 5) is 17.7. The lowest BCUT2D eigenvalue weighted by Gasteiger charge is -2.29. The Kier molecular flexibility index (Phi) is 8.01. The van der Waals surface area contributed by atoms with Crippen LogP contribution in [0.2, 0.25) is 0 Å². The zero-order chi connectivity index (χ0) is 23.5. The summed E-state index contributed by atoms with van der Waals surface area (Å²) in [5.41, 5.74) is 0.142. The molecule has 2 N–H and O–H groups in total. The molecule has 1 aliphatic rings. The van der Waals surface area contributed by atoms with Gasteiger partial charge in [0.05, 0.1) is 14.8 Å². The van der Waals surface area contributed by atoms with Crippen LogP contribution >= 0.6 is 27.3 Å². The number of carbonyl (C=O) groups excluding carboxylic acids is 1. The number of amides is 1. The Morgan fingerprint density at radius 1 is 1.25 bits per heavy atom. The third kappa shape index (κ3) is 6.52. The first-order valence-corrected chi connectivity index (χ1v) is 13.8. The minimum atomic E-state index is -3.61. The Hall–Kier alpha value is -1.49. The summed E-state index contributed by atoms with van der Waals surface area (Å²) in [6, 6.07) is 5.38. The van der Waals surface area contributed by atoms with Crippen molar-refractivity contribution in [2.75, 3.05) is 6.54 Å². The number of nitrogens with one attached hydrogen (secondary N) is 2. The van der Waals surface area contributed by atoms with Crippen molar-refractivity contribution < 1.29 is 17.9 Å². The number of sulfonamides is 1. The van der Waals surface area contributed by atoms with E-state index in [4.69, 9.17) is 4.74 Å². The van der Waals surface area contributed by atoms with Gasteiger partial charge in [-0.15, -0.1) is 11.3 Å². The number of benzene rings is 1. The van der Waals surface area contributed by atoms with Crippen LogP contribution in [-0.2, 0) is 14.8 Å². The van der Waals surface area contributed by atoms with Gasteiger partial charge in [0.2, 0.25) is 10.0 Å². The van der Waals surface area contributed by atoms with Gasteiger partial charge in [0.25, 0.3) is 0 Å². The maximum atomic E-state index is 12.7. The quantitative estimate of drug-likeness (QED) is 0.506. The molecule has 0 bridgehead atoms. The Morgan fingerprint density at radius 3 is 2.56 bits per heavy atom. The van der Waals surface area contributed by atoms with E-state index in [9.17, 15) is 13.2 Å². The van der Waals surface area contributed by atoms with E-state index in [1.54, 1.807) is 19.2 Å². The summed E-state index contributed by atoms with van der Waals surface area (Å²) in [7, 11) is -3.61. The molecule has 1 aromatic carbocycles. The number of carbonyl (C=O) groups is 1. The maximum absolute atomic E-state index is 12.7. The lowest BCUT2D eigenvalue weighted by molar-refractivity contribution is 0.0491. The van der Waals surface area contributed by atoms with Gasteiger partial charge in [0.15, 0.2) is 0 Å². The zero-order valence-corrected chi connectivity index (χ0v) is 22.0. The molecule has 1 aromatic heterocycles. The van der Waals surface area contributed by atoms with Crippen molar-refractivity contribution in [3.05, 3.63) is 33.9 Å². The highest BCUT2D eigenvalue weighted by atomic mass is 79.9. The van der Waals surface area contributed by atoms with E-state index in [1.165, 1.54) is 11.3 Å². The van der Waals surface area contributed by atoms with E-state index < -0.39 is 15.6 Å². The van der Waals surface area contributed by atoms with E-state index in [-0.39, 0.29) is 17.0 Å². The van der Waals surface area contributed by atoms with E-state index in [0.717, 1.165) is 35.6 Å². The van der Waals surface area contributed by atoms with Crippen LogP contribution in [0.15, 0.2) is 33.8 Å². The largest absolute Gasteiger partial charge is 0.444 e. The highest BCUT2D eigenvalue weighted by Gasteiger charge is 2.28. The summed E-state index contributed by atoms with van der Waals surface area (Å²) in [5.74, 6) is 0.301. The molecule has 176 valence electrons. The minimum absolute atomic E-state index is 0.101. The van der Waals surface area contributed by atoms with Crippen molar-refractivity contribution in [3.63, 3.8) is 0 Å². The molecule has 3 rings (SSSR count). The van der Waals surface area contributed by atoms with Crippen molar-refractivity contribution >= 4 is 43.4 Å². The predicted molar refractivity (Wildman–Crippen MR) is 130 cm³/mol. The number of alkyl carbamates (subject to hydrolysis) is 1. The second-order valence-electron chi connectivity index (χ2n) is 8.90. The summed E-state index contributed by atoms with van der Waals surface area (Å²) >= 11 is 4.91. The lowest BCUT2D eigenvalue weighted by Crippen LogP contribution is -2.40. The standard InChI is InChI=1S/C22H30BrN3O4S2/c1-5-25-32(28,29)19-12-15(23)8-11-17(19)18-13-24-20(31-18)14-6-9-16(10-7-14)26-21(27)30-22(2,3)4/h8,11-14,16,25H,5-7,9-10H2,1-4H3,(H,26,27). The van der Waals surface area contributed by atoms with Gasteiger partial charge in [-0.1, -0.05) is 28.9 Å². The number of rotatable bonds is 6. The molecule has 2 aromatic rings. The van der Waals surface area contributed by atoms with Crippen LogP contribution in [0, 0.1) is 0 Å². The fraction of sp³-hybridized carbons (Fsp3) is 0.545. The molecule has 0 saturated heterocycles. The molecule has 1 amide bonds. The first kappa shape index (κ1) is 25.1. The van der Waals surface area contributed by atoms with Crippen molar-refractivity contribution in [1.29, 1.82) is 0 Å². The fourth-order valence-electron chi connectivity index (χ4n) is 3.75. The lowest BCUT2D eigenvalue weighted by atomic mass is 9.86. The number of nitrogens with zero attached hydrogens (tertiary/aromatic N) is 1. The molecule has 0 aliphatic heterocycles. The molecular weight excluding hydrogens is 514 g/mol. The Morgan fingerprint density at radius 2 is 1.94 bits per heavy atom. The van der Waals surface area contributed by atoms with Crippen molar-refractivity contribution in [2.45, 2.75) is 75.8 Å². The molecule has 7 nitrogen and oxygen atoms in total. The average molecular weight is 545 g/mol. The van der Waals surface area contributed by atoms with Crippen molar-refractivity contribution in [1.82, 2.24) is 15.0 Å². The van der Waals surface area contributed by atoms with Crippen LogP contribution < -0.4 is 10.0 Å². The molecule has 0 unspecified atom stereocenters. The predicted octanol–water partition coefficient (Wildman–Crippen LogP) is 5.42. The van der Waals surface area contributed by atoms with Gasteiger partial charge in [0.1, 0.15) is 5.60 Å². The summed E-state index contributed by atoms with van der Waals surface area (Å²) in [6.45, 7) is 7.63. The molecule has 10 heteroatoms. The van der Waals surface area contributed by atoms with Crippen LogP contribution in [0.5, 0.6) is 0 Å². The number of thiazole rings is 1. The number of ether oxygens (including phenoxy) is 1. The fourth-order valence-corrected chi connectivity index (χ4v) is 6.74. The second kappa shape index (κ2) is 10.2. The van der Waals surface area contributed by atoms with Crippen LogP contribution in [0.4, 0.5) is 4.79 Å². The van der Waals surface area contributed by atoms with Gasteiger partial charge in [0, 0.05) is 34.7 Å². The normalized spacial score (nSPS) is 19.5. The van der Waals surface area contributed by atoms with Crippen molar-refractivity contribution in [3.8, 4) is 10.4 Å². The molecule has 0 radical (unpaired) electrons. The van der Waals surface area contributed by atoms with Crippen LogP contribution in [-0.4, -0.2) is 37.7 Å². The minimum Gasteiger partial charge on any atom is -0.444 e. The van der Waals surface area contributed by atoms with Gasteiger partial charge in [-0.2, -0.15) is 0 Å². The molecule has 1 fully saturated rings. The molecular formula is C22H30BrN3O4S2. The van der Waals surface area contributed by atoms with Crippen LogP contribution in [0.25, 0.3) is 10.4 Å². The summed E-state index contributed by atoms with van der Waals surface area (Å²) in [5, 5.41) is 3.97. The first-order valence-electron chi connectivity index (χ1n) is 10.7. The average Bonchev–Trinajstić information content (AvgIpc) is 3.17. The Balaban J connectivity index is 1.70. The highest BCUT2D eigenvalue weighted by Crippen LogP contribution is 2.39. The molecule has 0 atom stereocenters. The van der Waals surface area contributed by atoms with Gasteiger partial charge in [-0.3, -0.25) is 0 Å². The second-order valence-corrected chi connectivity index (χ2v) is 12.6. The molecule has 1 saturated carbocycles. The van der Waals surface area contributed by atoms with Crippen LogP contribution in [0.1, 0.15) is 64.3 Å². The Labute approximate surface area is 202 Å². The third-order valence-electron chi connectivity index (χ3n) is 5.15. The van der Waals surface area contributed by atoms with E-state index in [2.05, 4.69) is 31.0 Å². The van der Waals surface area contributed by atoms with Gasteiger partial charge >= 0.3 is 6.09 Å². The smallest absolute Gasteiger partial charge is 0.407 e. The number of aromatic nitrogens is 1. The SMILES string of the molecule is CCNS(=O)(=O)c1cc(Br)ccc1-c1cnc(C2CCC(NC(=O)OC(C)(C)C)CC2)s1. The van der Waals surface area contributed by atoms with E-state index in [1.807, 2.05) is 32.9 Å². The summed E-state index contributed by atoms with van der Waals surface area (Å²) in [6.07, 6.45) is 4.93. The zero-order valence-electron chi connectivity index (χ0n) is 18.8.